The maximum Gasteiger partial charge on any atom is 0.211 e. The van der Waals surface area contributed by atoms with E-state index in [0.29, 0.717) is 25.9 Å². The van der Waals surface area contributed by atoms with Crippen molar-refractivity contribution in [3.8, 4) is 0 Å². The van der Waals surface area contributed by atoms with Gasteiger partial charge in [0.2, 0.25) is 10.0 Å². The molecule has 0 aromatic carbocycles. The van der Waals surface area contributed by atoms with Crippen molar-refractivity contribution in [3.05, 3.63) is 12.7 Å². The second-order valence-corrected chi connectivity index (χ2v) is 6.35. The van der Waals surface area contributed by atoms with Crippen molar-refractivity contribution in [2.24, 2.45) is 5.92 Å². The lowest BCUT2D eigenvalue weighted by atomic mass is 9.93. The van der Waals surface area contributed by atoms with E-state index in [-0.39, 0.29) is 11.7 Å². The monoisotopic (exact) mass is 245 g/mol. The summed E-state index contributed by atoms with van der Waals surface area (Å²) in [6.45, 7) is 4.60. The lowest BCUT2D eigenvalue weighted by Gasteiger charge is -2.30. The molecule has 1 heterocycles. The molecule has 0 saturated carbocycles. The van der Waals surface area contributed by atoms with Crippen LogP contribution < -0.4 is 0 Å². The van der Waals surface area contributed by atoms with Crippen LogP contribution in [0.2, 0.25) is 0 Å². The highest BCUT2D eigenvalue weighted by atomic mass is 32.2. The molecule has 1 unspecified atom stereocenters. The van der Waals surface area contributed by atoms with Crippen LogP contribution in [0, 0.1) is 5.92 Å². The number of sulfonamides is 1. The van der Waals surface area contributed by atoms with Gasteiger partial charge in [-0.25, -0.2) is 12.7 Å². The zero-order valence-electron chi connectivity index (χ0n) is 9.68. The molecule has 1 aliphatic rings. The maximum absolute atomic E-state index is 11.4. The fourth-order valence-electron chi connectivity index (χ4n) is 2.06. The van der Waals surface area contributed by atoms with Crippen molar-refractivity contribution in [1.82, 2.24) is 4.31 Å². The highest BCUT2D eigenvalue weighted by molar-refractivity contribution is 7.88. The summed E-state index contributed by atoms with van der Waals surface area (Å²) in [6, 6.07) is 0. The molecule has 16 heavy (non-hydrogen) atoms. The van der Waals surface area contributed by atoms with Crippen LogP contribution in [0.15, 0.2) is 12.7 Å². The summed E-state index contributed by atoms with van der Waals surface area (Å²) in [7, 11) is -3.10. The number of piperidine rings is 1. The second-order valence-electron chi connectivity index (χ2n) is 4.36. The molecule has 0 radical (unpaired) electrons. The smallest absolute Gasteiger partial charge is 0.211 e. The van der Waals surface area contributed by atoms with Gasteiger partial charge in [-0.3, -0.25) is 4.79 Å². The molecule has 1 saturated heterocycles. The SMILES string of the molecule is C=CCC(=O)CC1CCCN(S(C)(=O)=O)C1. The normalized spacial score (nSPS) is 22.9. The lowest BCUT2D eigenvalue weighted by Crippen LogP contribution is -2.39. The second kappa shape index (κ2) is 5.59. The predicted octanol–water partition coefficient (Wildman–Crippen LogP) is 1.19. The minimum Gasteiger partial charge on any atom is -0.299 e. The largest absolute Gasteiger partial charge is 0.299 e. The molecule has 1 fully saturated rings. The third-order valence-electron chi connectivity index (χ3n) is 2.84. The van der Waals surface area contributed by atoms with Crippen molar-refractivity contribution in [2.45, 2.75) is 25.7 Å². The number of ketones is 1. The molecule has 0 bridgehead atoms. The van der Waals surface area contributed by atoms with E-state index in [4.69, 9.17) is 0 Å². The molecule has 92 valence electrons. The number of nitrogens with zero attached hydrogens (tertiary/aromatic N) is 1. The average Bonchev–Trinajstić information content (AvgIpc) is 2.17. The number of carbonyl (C=O) groups is 1. The highest BCUT2D eigenvalue weighted by Crippen LogP contribution is 2.22. The van der Waals surface area contributed by atoms with Crippen molar-refractivity contribution < 1.29 is 13.2 Å². The van der Waals surface area contributed by atoms with Crippen LogP contribution in [-0.2, 0) is 14.8 Å². The van der Waals surface area contributed by atoms with E-state index in [1.807, 2.05) is 0 Å². The zero-order chi connectivity index (χ0) is 12.2. The van der Waals surface area contributed by atoms with Crippen molar-refractivity contribution in [1.29, 1.82) is 0 Å². The molecule has 0 amide bonds. The van der Waals surface area contributed by atoms with Crippen LogP contribution in [0.1, 0.15) is 25.7 Å². The Hall–Kier alpha value is -0.680. The first-order valence-electron chi connectivity index (χ1n) is 5.51. The number of Topliss-reactive ketones (excluding diaryl/α,β-unsaturated/α-hetero) is 1. The van der Waals surface area contributed by atoms with E-state index in [2.05, 4.69) is 6.58 Å². The Bertz CT molecular complexity index is 361. The van der Waals surface area contributed by atoms with Gasteiger partial charge < -0.3 is 0 Å². The molecule has 0 spiro atoms. The average molecular weight is 245 g/mol. The Morgan fingerprint density at radius 2 is 2.25 bits per heavy atom. The third kappa shape index (κ3) is 4.06. The van der Waals surface area contributed by atoms with Crippen LogP contribution in [0.3, 0.4) is 0 Å². The van der Waals surface area contributed by atoms with E-state index in [1.165, 1.54) is 10.6 Å². The van der Waals surface area contributed by atoms with Gasteiger partial charge in [-0.05, 0) is 18.8 Å². The summed E-state index contributed by atoms with van der Waals surface area (Å²) in [5.41, 5.74) is 0. The molecular weight excluding hydrogens is 226 g/mol. The molecule has 1 atom stereocenters. The fraction of sp³-hybridized carbons (Fsp3) is 0.727. The van der Waals surface area contributed by atoms with Crippen molar-refractivity contribution in [2.75, 3.05) is 19.3 Å². The van der Waals surface area contributed by atoms with Gasteiger partial charge in [-0.15, -0.1) is 6.58 Å². The van der Waals surface area contributed by atoms with Gasteiger partial charge in [0.1, 0.15) is 5.78 Å². The summed E-state index contributed by atoms with van der Waals surface area (Å²) < 4.78 is 24.2. The maximum atomic E-state index is 11.4. The van der Waals surface area contributed by atoms with E-state index >= 15 is 0 Å². The van der Waals surface area contributed by atoms with E-state index in [1.54, 1.807) is 6.08 Å². The van der Waals surface area contributed by atoms with Crippen LogP contribution in [0.4, 0.5) is 0 Å². The van der Waals surface area contributed by atoms with Crippen molar-refractivity contribution in [3.63, 3.8) is 0 Å². The lowest BCUT2D eigenvalue weighted by molar-refractivity contribution is -0.119. The van der Waals surface area contributed by atoms with Gasteiger partial charge in [0.05, 0.1) is 6.26 Å². The van der Waals surface area contributed by atoms with Gasteiger partial charge in [0.15, 0.2) is 0 Å². The molecular formula is C11H19NO3S. The third-order valence-corrected chi connectivity index (χ3v) is 4.11. The molecule has 0 N–H and O–H groups in total. The van der Waals surface area contributed by atoms with Gasteiger partial charge >= 0.3 is 0 Å². The molecule has 1 rings (SSSR count). The topological polar surface area (TPSA) is 54.5 Å². The predicted molar refractivity (Wildman–Crippen MR) is 63.6 cm³/mol. The first-order chi connectivity index (χ1) is 7.43. The van der Waals surface area contributed by atoms with Crippen LogP contribution in [0.25, 0.3) is 0 Å². The quantitative estimate of drug-likeness (QED) is 0.684. The van der Waals surface area contributed by atoms with Crippen LogP contribution in [-0.4, -0.2) is 37.9 Å². The summed E-state index contributed by atoms with van der Waals surface area (Å²) in [6.07, 6.45) is 5.46. The first-order valence-corrected chi connectivity index (χ1v) is 7.36. The minimum atomic E-state index is -3.10. The highest BCUT2D eigenvalue weighted by Gasteiger charge is 2.26. The number of carbonyl (C=O) groups excluding carboxylic acids is 1. The molecule has 0 aliphatic carbocycles. The van der Waals surface area contributed by atoms with E-state index in [0.717, 1.165) is 12.8 Å². The standard InChI is InChI=1S/C11H19NO3S/c1-3-5-11(13)8-10-6-4-7-12(9-10)16(2,14)15/h3,10H,1,4-9H2,2H3. The Morgan fingerprint density at radius 1 is 1.56 bits per heavy atom. The number of rotatable bonds is 5. The minimum absolute atomic E-state index is 0.148. The number of allylic oxidation sites excluding steroid dienone is 1. The fourth-order valence-corrected chi connectivity index (χ4v) is 3.00. The van der Waals surface area contributed by atoms with Gasteiger partial charge in [-0.2, -0.15) is 0 Å². The van der Waals surface area contributed by atoms with E-state index in [9.17, 15) is 13.2 Å². The summed E-state index contributed by atoms with van der Waals surface area (Å²) >= 11 is 0. The van der Waals surface area contributed by atoms with Crippen molar-refractivity contribution >= 4 is 15.8 Å². The van der Waals surface area contributed by atoms with Gasteiger partial charge in [-0.1, -0.05) is 6.08 Å². The Morgan fingerprint density at radius 3 is 2.81 bits per heavy atom. The molecule has 0 aromatic heterocycles. The zero-order valence-corrected chi connectivity index (χ0v) is 10.5. The van der Waals surface area contributed by atoms with Gasteiger partial charge in [0, 0.05) is 25.9 Å². The molecule has 0 aromatic rings. The van der Waals surface area contributed by atoms with E-state index < -0.39 is 10.0 Å². The first kappa shape index (κ1) is 13.4. The Labute approximate surface area is 97.4 Å². The van der Waals surface area contributed by atoms with Crippen LogP contribution >= 0.6 is 0 Å². The molecule has 4 nitrogen and oxygen atoms in total. The van der Waals surface area contributed by atoms with Crippen LogP contribution in [0.5, 0.6) is 0 Å². The molecule has 1 aliphatic heterocycles. The molecule has 5 heteroatoms. The van der Waals surface area contributed by atoms with Gasteiger partial charge in [0.25, 0.3) is 0 Å². The number of hydrogen-bond donors (Lipinski definition) is 0. The summed E-state index contributed by atoms with van der Waals surface area (Å²) in [5, 5.41) is 0. The Balaban J connectivity index is 2.51. The summed E-state index contributed by atoms with van der Waals surface area (Å²) in [4.78, 5) is 11.4. The Kier molecular flexibility index (Phi) is 4.68. The summed E-state index contributed by atoms with van der Waals surface area (Å²) in [5.74, 6) is 0.325. The number of hydrogen-bond acceptors (Lipinski definition) is 3.